The van der Waals surface area contributed by atoms with E-state index in [9.17, 15) is 0 Å². The van der Waals surface area contributed by atoms with Crippen LogP contribution in [0, 0.1) is 0 Å². The molecule has 0 amide bonds. The van der Waals surface area contributed by atoms with Gasteiger partial charge in [0.15, 0.2) is 0 Å². The van der Waals surface area contributed by atoms with E-state index in [-0.39, 0.29) is 6.04 Å². The molecule has 0 unspecified atom stereocenters. The molecule has 6 nitrogen and oxygen atoms in total. The van der Waals surface area contributed by atoms with Gasteiger partial charge >= 0.3 is 0 Å². The highest BCUT2D eigenvalue weighted by molar-refractivity contribution is 6.33. The lowest BCUT2D eigenvalue weighted by Crippen LogP contribution is -2.15. The van der Waals surface area contributed by atoms with Crippen molar-refractivity contribution >= 4 is 23.2 Å². The number of hydrogen-bond acceptors (Lipinski definition) is 5. The average Bonchev–Trinajstić information content (AvgIpc) is 3.07. The Kier molecular flexibility index (Phi) is 4.26. The van der Waals surface area contributed by atoms with Crippen LogP contribution >= 0.6 is 11.6 Å². The molecule has 4 aromatic rings. The van der Waals surface area contributed by atoms with Gasteiger partial charge in [0.05, 0.1) is 5.56 Å². The molecule has 4 rings (SSSR count). The van der Waals surface area contributed by atoms with Crippen LogP contribution < -0.4 is 5.32 Å². The molecule has 1 aromatic carbocycles. The largest absolute Gasteiger partial charge is 0.367 e. The van der Waals surface area contributed by atoms with E-state index in [1.807, 2.05) is 48.5 Å². The van der Waals surface area contributed by atoms with E-state index >= 15 is 0 Å². The Morgan fingerprint density at radius 3 is 2.46 bits per heavy atom. The molecule has 3 aromatic heterocycles. The minimum absolute atomic E-state index is 0.182. The Balaban J connectivity index is 1.98. The fourth-order valence-electron chi connectivity index (χ4n) is 2.74. The van der Waals surface area contributed by atoms with Crippen molar-refractivity contribution in [3.63, 3.8) is 0 Å². The van der Waals surface area contributed by atoms with E-state index in [0.29, 0.717) is 22.4 Å². The molecule has 0 saturated carbocycles. The minimum Gasteiger partial charge on any atom is -0.367 e. The normalized spacial score (nSPS) is 11.2. The summed E-state index contributed by atoms with van der Waals surface area (Å²) in [5, 5.41) is 8.44. The number of nitrogens with one attached hydrogen (secondary N) is 1. The van der Waals surface area contributed by atoms with Crippen molar-refractivity contribution in [2.45, 2.75) is 19.9 Å². The predicted molar refractivity (Wildman–Crippen MR) is 103 cm³/mol. The second-order valence-corrected chi connectivity index (χ2v) is 6.51. The number of aromatic nitrogens is 5. The van der Waals surface area contributed by atoms with Crippen LogP contribution in [0.3, 0.4) is 0 Å². The molecular formula is C19H17ClN6. The van der Waals surface area contributed by atoms with E-state index in [1.165, 1.54) is 0 Å². The SMILES string of the molecule is CC(C)Nc1c(-c2ccccc2)c(Cl)nc2nc(-c3ccccn3)nn12. The highest BCUT2D eigenvalue weighted by Gasteiger charge is 2.20. The summed E-state index contributed by atoms with van der Waals surface area (Å²) in [5.74, 6) is 1.69. The second-order valence-electron chi connectivity index (χ2n) is 6.15. The second kappa shape index (κ2) is 6.72. The van der Waals surface area contributed by atoms with Crippen LogP contribution in [0.2, 0.25) is 5.15 Å². The topological polar surface area (TPSA) is 68.0 Å². The zero-order valence-corrected chi connectivity index (χ0v) is 15.1. The van der Waals surface area contributed by atoms with Gasteiger partial charge in [0, 0.05) is 12.2 Å². The summed E-state index contributed by atoms with van der Waals surface area (Å²) in [6.45, 7) is 4.12. The summed E-state index contributed by atoms with van der Waals surface area (Å²) >= 11 is 6.53. The van der Waals surface area contributed by atoms with E-state index in [2.05, 4.69) is 39.2 Å². The van der Waals surface area contributed by atoms with E-state index in [4.69, 9.17) is 11.6 Å². The monoisotopic (exact) mass is 364 g/mol. The first-order valence-corrected chi connectivity index (χ1v) is 8.71. The molecule has 1 N–H and O–H groups in total. The Hall–Kier alpha value is -2.99. The molecule has 0 radical (unpaired) electrons. The first-order chi connectivity index (χ1) is 12.6. The molecule has 0 aliphatic heterocycles. The van der Waals surface area contributed by atoms with Crippen LogP contribution in [0.15, 0.2) is 54.7 Å². The lowest BCUT2D eigenvalue weighted by molar-refractivity contribution is 0.853. The maximum atomic E-state index is 6.53. The molecule has 0 fully saturated rings. The quantitative estimate of drug-likeness (QED) is 0.546. The van der Waals surface area contributed by atoms with Crippen LogP contribution in [0.4, 0.5) is 5.82 Å². The molecule has 130 valence electrons. The Morgan fingerprint density at radius 2 is 1.77 bits per heavy atom. The van der Waals surface area contributed by atoms with Crippen LogP contribution in [-0.4, -0.2) is 30.6 Å². The van der Waals surface area contributed by atoms with Crippen molar-refractivity contribution < 1.29 is 0 Å². The van der Waals surface area contributed by atoms with E-state index in [0.717, 1.165) is 16.9 Å². The number of rotatable bonds is 4. The number of halogens is 1. The third-order valence-electron chi connectivity index (χ3n) is 3.82. The highest BCUT2D eigenvalue weighted by Crippen LogP contribution is 2.34. The Bertz CT molecular complexity index is 1040. The van der Waals surface area contributed by atoms with Gasteiger partial charge in [0.1, 0.15) is 16.7 Å². The van der Waals surface area contributed by atoms with Gasteiger partial charge in [0.2, 0.25) is 5.82 Å². The van der Waals surface area contributed by atoms with Gasteiger partial charge in [-0.05, 0) is 31.5 Å². The average molecular weight is 365 g/mol. The molecule has 0 saturated heterocycles. The third kappa shape index (κ3) is 2.99. The van der Waals surface area contributed by atoms with Crippen LogP contribution in [0.25, 0.3) is 28.4 Å². The number of hydrogen-bond donors (Lipinski definition) is 1. The van der Waals surface area contributed by atoms with Crippen LogP contribution in [0.5, 0.6) is 0 Å². The molecule has 3 heterocycles. The van der Waals surface area contributed by atoms with Crippen LogP contribution in [0.1, 0.15) is 13.8 Å². The summed E-state index contributed by atoms with van der Waals surface area (Å²) in [7, 11) is 0. The third-order valence-corrected chi connectivity index (χ3v) is 4.10. The summed E-state index contributed by atoms with van der Waals surface area (Å²) in [6, 6.07) is 15.7. The lowest BCUT2D eigenvalue weighted by Gasteiger charge is -2.16. The van der Waals surface area contributed by atoms with Crippen molar-refractivity contribution in [2.24, 2.45) is 0 Å². The molecule has 0 spiro atoms. The number of nitrogens with zero attached hydrogens (tertiary/aromatic N) is 5. The first kappa shape index (κ1) is 16.5. The Morgan fingerprint density at radius 1 is 1.00 bits per heavy atom. The zero-order chi connectivity index (χ0) is 18.1. The van der Waals surface area contributed by atoms with E-state index in [1.54, 1.807) is 10.7 Å². The first-order valence-electron chi connectivity index (χ1n) is 8.33. The highest BCUT2D eigenvalue weighted by atomic mass is 35.5. The van der Waals surface area contributed by atoms with Crippen molar-refractivity contribution in [1.82, 2.24) is 24.6 Å². The van der Waals surface area contributed by atoms with Gasteiger partial charge < -0.3 is 5.32 Å². The van der Waals surface area contributed by atoms with E-state index < -0.39 is 0 Å². The summed E-state index contributed by atoms with van der Waals surface area (Å²) in [5.41, 5.74) is 2.45. The van der Waals surface area contributed by atoms with Crippen molar-refractivity contribution in [1.29, 1.82) is 0 Å². The van der Waals surface area contributed by atoms with Gasteiger partial charge in [-0.15, -0.1) is 5.10 Å². The van der Waals surface area contributed by atoms with Gasteiger partial charge in [-0.2, -0.15) is 14.5 Å². The number of anilines is 1. The van der Waals surface area contributed by atoms with Crippen molar-refractivity contribution in [3.05, 3.63) is 59.9 Å². The summed E-state index contributed by atoms with van der Waals surface area (Å²) in [6.07, 6.45) is 1.71. The predicted octanol–water partition coefficient (Wildman–Crippen LogP) is 4.33. The molecule has 7 heteroatoms. The lowest BCUT2D eigenvalue weighted by atomic mass is 10.1. The van der Waals surface area contributed by atoms with Gasteiger partial charge in [-0.3, -0.25) is 4.98 Å². The molecular weight excluding hydrogens is 348 g/mol. The fourth-order valence-corrected chi connectivity index (χ4v) is 3.02. The van der Waals surface area contributed by atoms with Gasteiger partial charge in [-0.25, -0.2) is 0 Å². The molecule has 0 aliphatic carbocycles. The maximum Gasteiger partial charge on any atom is 0.256 e. The molecule has 0 atom stereocenters. The fraction of sp³-hybridized carbons (Fsp3) is 0.158. The maximum absolute atomic E-state index is 6.53. The van der Waals surface area contributed by atoms with Crippen molar-refractivity contribution in [3.8, 4) is 22.6 Å². The minimum atomic E-state index is 0.182. The number of benzene rings is 1. The van der Waals surface area contributed by atoms with Gasteiger partial charge in [-0.1, -0.05) is 48.0 Å². The smallest absolute Gasteiger partial charge is 0.256 e. The van der Waals surface area contributed by atoms with Crippen molar-refractivity contribution in [2.75, 3.05) is 5.32 Å². The summed E-state index contributed by atoms with van der Waals surface area (Å²) < 4.78 is 1.69. The van der Waals surface area contributed by atoms with Crippen LogP contribution in [-0.2, 0) is 0 Å². The summed E-state index contributed by atoms with van der Waals surface area (Å²) in [4.78, 5) is 13.3. The molecule has 0 aliphatic rings. The molecule has 0 bridgehead atoms. The molecule has 26 heavy (non-hydrogen) atoms. The zero-order valence-electron chi connectivity index (χ0n) is 14.4. The number of fused-ring (bicyclic) bond motifs is 1. The van der Waals surface area contributed by atoms with Gasteiger partial charge in [0.25, 0.3) is 5.78 Å². The Labute approximate surface area is 155 Å². The standard InChI is InChI=1S/C19H17ClN6/c1-12(2)22-18-15(13-8-4-3-5-9-13)16(20)23-19-24-17(25-26(18)19)14-10-6-7-11-21-14/h3-12,22H,1-2H3. The number of pyridine rings is 1.